The third-order valence-electron chi connectivity index (χ3n) is 3.98. The average Bonchev–Trinajstić information content (AvgIpc) is 3.02. The highest BCUT2D eigenvalue weighted by molar-refractivity contribution is 7.08. The van der Waals surface area contributed by atoms with Gasteiger partial charge in [0.1, 0.15) is 5.75 Å². The normalized spacial score (nSPS) is 24.6. The Morgan fingerprint density at radius 2 is 2.09 bits per heavy atom. The number of alkyl halides is 3. The van der Waals surface area contributed by atoms with Gasteiger partial charge < -0.3 is 14.2 Å². The van der Waals surface area contributed by atoms with Crippen LogP contribution in [0.4, 0.5) is 13.2 Å². The van der Waals surface area contributed by atoms with Gasteiger partial charge in [0.15, 0.2) is 0 Å². The molecule has 0 unspecified atom stereocenters. The standard InChI is InChI=1S/C15H17F3O4S/c1-5-21-13(19)12-11(9-6-23-7-10(9)20-4)8(2)14(3,22-12)15(16,17)18/h6-8H,5H2,1-4H3/t8-,14+/m0/s1. The summed E-state index contributed by atoms with van der Waals surface area (Å²) >= 11 is 1.27. The largest absolute Gasteiger partial charge is 0.495 e. The van der Waals surface area contributed by atoms with Crippen LogP contribution in [0.3, 0.4) is 0 Å². The smallest absolute Gasteiger partial charge is 0.428 e. The summed E-state index contributed by atoms with van der Waals surface area (Å²) in [6.45, 7) is 3.93. The first kappa shape index (κ1) is 17.7. The maximum atomic E-state index is 13.5. The van der Waals surface area contributed by atoms with Gasteiger partial charge in [0.2, 0.25) is 11.4 Å². The first-order valence-electron chi connectivity index (χ1n) is 6.95. The monoisotopic (exact) mass is 350 g/mol. The third-order valence-corrected chi connectivity index (χ3v) is 4.70. The number of thiophene rings is 1. The van der Waals surface area contributed by atoms with Gasteiger partial charge >= 0.3 is 12.1 Å². The van der Waals surface area contributed by atoms with Crippen molar-refractivity contribution in [2.75, 3.05) is 13.7 Å². The molecule has 2 rings (SSSR count). The van der Waals surface area contributed by atoms with Gasteiger partial charge in [-0.3, -0.25) is 0 Å². The minimum Gasteiger partial charge on any atom is -0.495 e. The molecule has 0 saturated heterocycles. The lowest BCUT2D eigenvalue weighted by molar-refractivity contribution is -0.262. The van der Waals surface area contributed by atoms with E-state index in [4.69, 9.17) is 14.2 Å². The van der Waals surface area contributed by atoms with Crippen molar-refractivity contribution in [3.05, 3.63) is 22.1 Å². The van der Waals surface area contributed by atoms with Crippen LogP contribution in [0.2, 0.25) is 0 Å². The van der Waals surface area contributed by atoms with Crippen LogP contribution in [0.1, 0.15) is 26.3 Å². The van der Waals surface area contributed by atoms with Crippen molar-refractivity contribution >= 4 is 22.9 Å². The third kappa shape index (κ3) is 2.80. The summed E-state index contributed by atoms with van der Waals surface area (Å²) in [4.78, 5) is 12.1. The van der Waals surface area contributed by atoms with E-state index in [-0.39, 0.29) is 12.2 Å². The minimum absolute atomic E-state index is 0.0385. The predicted molar refractivity (Wildman–Crippen MR) is 79.1 cm³/mol. The number of ether oxygens (including phenoxy) is 3. The highest BCUT2D eigenvalue weighted by Crippen LogP contribution is 2.53. The van der Waals surface area contributed by atoms with E-state index >= 15 is 0 Å². The zero-order chi connectivity index (χ0) is 17.4. The minimum atomic E-state index is -4.64. The summed E-state index contributed by atoms with van der Waals surface area (Å²) < 4.78 is 55.6. The van der Waals surface area contributed by atoms with Crippen molar-refractivity contribution in [3.8, 4) is 5.75 Å². The summed E-state index contributed by atoms with van der Waals surface area (Å²) in [5, 5.41) is 3.29. The second-order valence-corrected chi connectivity index (χ2v) is 5.99. The van der Waals surface area contributed by atoms with Crippen molar-refractivity contribution < 1.29 is 32.2 Å². The van der Waals surface area contributed by atoms with Crippen molar-refractivity contribution in [2.24, 2.45) is 5.92 Å². The lowest BCUT2D eigenvalue weighted by Crippen LogP contribution is -2.47. The number of esters is 1. The Labute approximate surface area is 135 Å². The summed E-state index contributed by atoms with van der Waals surface area (Å²) in [6.07, 6.45) is -4.64. The van der Waals surface area contributed by atoms with Crippen LogP contribution in [0.25, 0.3) is 5.57 Å². The molecule has 1 aliphatic rings. The summed E-state index contributed by atoms with van der Waals surface area (Å²) in [5.74, 6) is -2.01. The second-order valence-electron chi connectivity index (χ2n) is 5.25. The van der Waals surface area contributed by atoms with Crippen LogP contribution in [0.5, 0.6) is 5.75 Å². The van der Waals surface area contributed by atoms with Gasteiger partial charge in [-0.25, -0.2) is 4.79 Å². The molecular formula is C15H17F3O4S. The van der Waals surface area contributed by atoms with Gasteiger partial charge in [0, 0.05) is 27.8 Å². The van der Waals surface area contributed by atoms with Crippen LogP contribution >= 0.6 is 11.3 Å². The van der Waals surface area contributed by atoms with E-state index in [0.29, 0.717) is 11.3 Å². The maximum Gasteiger partial charge on any atom is 0.428 e. The van der Waals surface area contributed by atoms with Crippen LogP contribution in [0, 0.1) is 5.92 Å². The molecule has 1 aliphatic heterocycles. The molecule has 1 aromatic heterocycles. The Hall–Kier alpha value is -1.70. The van der Waals surface area contributed by atoms with E-state index < -0.39 is 29.4 Å². The van der Waals surface area contributed by atoms with Crippen LogP contribution in [0.15, 0.2) is 16.5 Å². The Balaban J connectivity index is 2.59. The molecule has 2 heterocycles. The quantitative estimate of drug-likeness (QED) is 0.770. The summed E-state index contributed by atoms with van der Waals surface area (Å²) in [7, 11) is 1.42. The first-order valence-corrected chi connectivity index (χ1v) is 7.89. The van der Waals surface area contributed by atoms with E-state index in [9.17, 15) is 18.0 Å². The van der Waals surface area contributed by atoms with Gasteiger partial charge in [-0.05, 0) is 13.8 Å². The Kier molecular flexibility index (Phi) is 4.66. The zero-order valence-corrected chi connectivity index (χ0v) is 13.9. The fraction of sp³-hybridized carbons (Fsp3) is 0.533. The molecule has 0 amide bonds. The van der Waals surface area contributed by atoms with E-state index in [1.165, 1.54) is 25.4 Å². The number of carbonyl (C=O) groups is 1. The fourth-order valence-electron chi connectivity index (χ4n) is 2.47. The molecule has 0 aromatic carbocycles. The SMILES string of the molecule is CCOC(=O)C1=C(c2cscc2OC)[C@H](C)[C@](C)(C(F)(F)F)O1. The Morgan fingerprint density at radius 3 is 2.61 bits per heavy atom. The second kappa shape index (κ2) is 6.07. The van der Waals surface area contributed by atoms with Gasteiger partial charge in [0.25, 0.3) is 0 Å². The molecule has 0 fully saturated rings. The molecule has 0 N–H and O–H groups in total. The van der Waals surface area contributed by atoms with Gasteiger partial charge in [0.05, 0.1) is 13.7 Å². The molecule has 0 bridgehead atoms. The number of hydrogen-bond donors (Lipinski definition) is 0. The highest BCUT2D eigenvalue weighted by Gasteiger charge is 2.63. The molecule has 128 valence electrons. The average molecular weight is 350 g/mol. The molecule has 4 nitrogen and oxygen atoms in total. The number of methoxy groups -OCH3 is 1. The van der Waals surface area contributed by atoms with Crippen LogP contribution in [-0.4, -0.2) is 31.5 Å². The van der Waals surface area contributed by atoms with Gasteiger partial charge in [-0.1, -0.05) is 6.92 Å². The predicted octanol–water partition coefficient (Wildman–Crippen LogP) is 4.02. The van der Waals surface area contributed by atoms with Crippen LogP contribution in [-0.2, 0) is 14.3 Å². The summed E-state index contributed by atoms with van der Waals surface area (Å²) in [6, 6.07) is 0. The van der Waals surface area contributed by atoms with E-state index in [2.05, 4.69) is 0 Å². The van der Waals surface area contributed by atoms with Crippen molar-refractivity contribution in [1.82, 2.24) is 0 Å². The molecule has 0 aliphatic carbocycles. The highest BCUT2D eigenvalue weighted by atomic mass is 32.1. The topological polar surface area (TPSA) is 44.8 Å². The van der Waals surface area contributed by atoms with E-state index in [0.717, 1.165) is 6.92 Å². The lowest BCUT2D eigenvalue weighted by Gasteiger charge is -2.32. The van der Waals surface area contributed by atoms with E-state index in [1.54, 1.807) is 17.7 Å². The Morgan fingerprint density at radius 1 is 1.43 bits per heavy atom. The van der Waals surface area contributed by atoms with Crippen molar-refractivity contribution in [3.63, 3.8) is 0 Å². The molecule has 1 aromatic rings. The number of carbonyl (C=O) groups excluding carboxylic acids is 1. The first-order chi connectivity index (χ1) is 10.7. The Bertz CT molecular complexity index is 635. The number of halogens is 3. The fourth-order valence-corrected chi connectivity index (χ4v) is 3.27. The van der Waals surface area contributed by atoms with Crippen molar-refractivity contribution in [1.29, 1.82) is 0 Å². The molecule has 2 atom stereocenters. The van der Waals surface area contributed by atoms with Gasteiger partial charge in [-0.15, -0.1) is 11.3 Å². The van der Waals surface area contributed by atoms with Gasteiger partial charge in [-0.2, -0.15) is 13.2 Å². The van der Waals surface area contributed by atoms with E-state index in [1.807, 2.05) is 0 Å². The maximum absolute atomic E-state index is 13.5. The molecule has 23 heavy (non-hydrogen) atoms. The molecule has 0 spiro atoms. The van der Waals surface area contributed by atoms with Crippen molar-refractivity contribution in [2.45, 2.75) is 32.5 Å². The molecular weight excluding hydrogens is 333 g/mol. The molecule has 0 radical (unpaired) electrons. The number of hydrogen-bond acceptors (Lipinski definition) is 5. The summed E-state index contributed by atoms with van der Waals surface area (Å²) in [5.41, 5.74) is -1.93. The zero-order valence-electron chi connectivity index (χ0n) is 13.1. The molecule has 8 heteroatoms. The number of rotatable bonds is 4. The molecule has 0 saturated carbocycles. The lowest BCUT2D eigenvalue weighted by atomic mass is 9.83. The van der Waals surface area contributed by atoms with Crippen LogP contribution < -0.4 is 4.74 Å².